The Bertz CT molecular complexity index is 937. The molecule has 0 radical (unpaired) electrons. The molecule has 1 aromatic carbocycles. The molecular formula is C19H22F3NO4S. The zero-order valence-electron chi connectivity index (χ0n) is 15.8. The van der Waals surface area contributed by atoms with Gasteiger partial charge in [-0.25, -0.2) is 0 Å². The zero-order valence-corrected chi connectivity index (χ0v) is 16.7. The van der Waals surface area contributed by atoms with E-state index in [-0.39, 0.29) is 22.8 Å². The molecule has 5 nitrogen and oxygen atoms in total. The highest BCUT2D eigenvalue weighted by atomic mass is 32.2. The van der Waals surface area contributed by atoms with Crippen molar-refractivity contribution in [2.45, 2.75) is 46.2 Å². The maximum absolute atomic E-state index is 13.4. The number of hydrogen-bond donors (Lipinski definition) is 0. The molecule has 1 aromatic rings. The Labute approximate surface area is 162 Å². The normalized spacial score (nSPS) is 27.3. The van der Waals surface area contributed by atoms with Gasteiger partial charge in [0.2, 0.25) is 0 Å². The van der Waals surface area contributed by atoms with Gasteiger partial charge < -0.3 is 0 Å². The summed E-state index contributed by atoms with van der Waals surface area (Å²) in [5.74, 6) is -0.749. The number of Topliss-reactive ketones (excluding diaryl/α,β-unsaturated/α-hetero) is 1. The van der Waals surface area contributed by atoms with E-state index in [9.17, 15) is 26.4 Å². The molecule has 2 bridgehead atoms. The summed E-state index contributed by atoms with van der Waals surface area (Å²) >= 11 is 0. The standard InChI is InChI=1S/C19H22F3NO4S/c1-12-6-4-5-7-14(12)16(19(20,21)22)23-27-28(25,26)11-18-9-8-13(10-15(18)24)17(18,2)3/h4-7,13H,8-11H2,1-3H3/b23-16-. The van der Waals surface area contributed by atoms with Gasteiger partial charge in [-0.1, -0.05) is 43.3 Å². The van der Waals surface area contributed by atoms with Gasteiger partial charge in [0.25, 0.3) is 0 Å². The van der Waals surface area contributed by atoms with Crippen molar-refractivity contribution in [3.8, 4) is 0 Å². The average Bonchev–Trinajstić information content (AvgIpc) is 2.89. The Balaban J connectivity index is 1.91. The van der Waals surface area contributed by atoms with E-state index in [2.05, 4.69) is 9.44 Å². The number of ketones is 1. The molecule has 3 rings (SSSR count). The number of nitrogens with zero attached hydrogens (tertiary/aromatic N) is 1. The Morgan fingerprint density at radius 3 is 2.43 bits per heavy atom. The smallest absolute Gasteiger partial charge is 0.299 e. The number of fused-ring (bicyclic) bond motifs is 2. The summed E-state index contributed by atoms with van der Waals surface area (Å²) in [5.41, 5.74) is -3.08. The largest absolute Gasteiger partial charge is 0.437 e. The van der Waals surface area contributed by atoms with Crippen molar-refractivity contribution in [1.82, 2.24) is 0 Å². The summed E-state index contributed by atoms with van der Waals surface area (Å²) in [6.45, 7) is 5.13. The third-order valence-corrected chi connectivity index (χ3v) is 7.62. The number of hydrogen-bond acceptors (Lipinski definition) is 5. The van der Waals surface area contributed by atoms with Crippen LogP contribution in [0.5, 0.6) is 0 Å². The van der Waals surface area contributed by atoms with Crippen molar-refractivity contribution in [2.75, 3.05) is 5.75 Å². The van der Waals surface area contributed by atoms with Crippen LogP contribution < -0.4 is 0 Å². The van der Waals surface area contributed by atoms with Gasteiger partial charge in [-0.2, -0.15) is 21.6 Å². The van der Waals surface area contributed by atoms with Crippen LogP contribution in [0.1, 0.15) is 44.2 Å². The fourth-order valence-electron chi connectivity index (χ4n) is 4.62. The maximum atomic E-state index is 13.4. The lowest BCUT2D eigenvalue weighted by Gasteiger charge is -2.35. The SMILES string of the molecule is Cc1ccccc1/C(=N/OS(=O)(=O)CC12CCC(CC1=O)C2(C)C)C(F)(F)F. The van der Waals surface area contributed by atoms with Crippen LogP contribution in [0.3, 0.4) is 0 Å². The summed E-state index contributed by atoms with van der Waals surface area (Å²) in [6, 6.07) is 5.62. The molecule has 2 aliphatic carbocycles. The molecule has 9 heteroatoms. The summed E-state index contributed by atoms with van der Waals surface area (Å²) in [6.07, 6.45) is -3.50. The maximum Gasteiger partial charge on any atom is 0.437 e. The number of alkyl halides is 3. The first-order chi connectivity index (χ1) is 12.8. The molecule has 0 N–H and O–H groups in total. The summed E-state index contributed by atoms with van der Waals surface area (Å²) < 4.78 is 69.8. The number of benzene rings is 1. The molecule has 2 saturated carbocycles. The van der Waals surface area contributed by atoms with Crippen LogP contribution in [0.15, 0.2) is 29.4 Å². The molecule has 0 heterocycles. The lowest BCUT2D eigenvalue weighted by atomic mass is 9.70. The molecule has 2 unspecified atom stereocenters. The number of oxime groups is 1. The Hall–Kier alpha value is -1.90. The van der Waals surface area contributed by atoms with Crippen LogP contribution in [-0.4, -0.2) is 31.8 Å². The zero-order chi connectivity index (χ0) is 21.0. The number of carbonyl (C=O) groups excluding carboxylic acids is 1. The predicted molar refractivity (Wildman–Crippen MR) is 97.2 cm³/mol. The minimum absolute atomic E-state index is 0.0800. The highest BCUT2D eigenvalue weighted by Gasteiger charge is 2.65. The predicted octanol–water partition coefficient (Wildman–Crippen LogP) is 4.00. The average molecular weight is 417 g/mol. The van der Waals surface area contributed by atoms with Gasteiger partial charge in [0.1, 0.15) is 11.5 Å². The second-order valence-electron chi connectivity index (χ2n) is 8.20. The Morgan fingerprint density at radius 1 is 1.29 bits per heavy atom. The molecule has 0 aliphatic heterocycles. The van der Waals surface area contributed by atoms with E-state index in [0.29, 0.717) is 19.3 Å². The molecule has 0 aromatic heterocycles. The summed E-state index contributed by atoms with van der Waals surface area (Å²) in [7, 11) is -4.50. The third kappa shape index (κ3) is 3.33. The monoisotopic (exact) mass is 417 g/mol. The van der Waals surface area contributed by atoms with Crippen molar-refractivity contribution >= 4 is 21.6 Å². The summed E-state index contributed by atoms with van der Waals surface area (Å²) in [5, 5.41) is 2.98. The number of carbonyl (C=O) groups is 1. The fraction of sp³-hybridized carbons (Fsp3) is 0.579. The Kier molecular flexibility index (Phi) is 4.89. The number of rotatable bonds is 5. The quantitative estimate of drug-likeness (QED) is 0.536. The van der Waals surface area contributed by atoms with Crippen LogP contribution in [-0.2, 0) is 19.2 Å². The molecule has 2 fully saturated rings. The van der Waals surface area contributed by atoms with Crippen molar-refractivity contribution in [3.05, 3.63) is 35.4 Å². The second-order valence-corrected chi connectivity index (χ2v) is 9.75. The lowest BCUT2D eigenvalue weighted by molar-refractivity contribution is -0.128. The highest BCUT2D eigenvalue weighted by molar-refractivity contribution is 7.86. The van der Waals surface area contributed by atoms with E-state index >= 15 is 0 Å². The van der Waals surface area contributed by atoms with Crippen molar-refractivity contribution in [2.24, 2.45) is 21.9 Å². The molecule has 28 heavy (non-hydrogen) atoms. The highest BCUT2D eigenvalue weighted by Crippen LogP contribution is 2.64. The van der Waals surface area contributed by atoms with E-state index in [4.69, 9.17) is 0 Å². The first kappa shape index (κ1) is 20.8. The van der Waals surface area contributed by atoms with Gasteiger partial charge in [0.05, 0.1) is 5.41 Å². The van der Waals surface area contributed by atoms with E-state index in [1.54, 1.807) is 6.07 Å². The fourth-order valence-corrected chi connectivity index (χ4v) is 6.14. The number of aryl methyl sites for hydroxylation is 1. The first-order valence-corrected chi connectivity index (χ1v) is 10.5. The molecule has 2 atom stereocenters. The van der Waals surface area contributed by atoms with E-state index in [1.807, 2.05) is 13.8 Å². The minimum atomic E-state index is -4.90. The topological polar surface area (TPSA) is 72.8 Å². The van der Waals surface area contributed by atoms with Crippen molar-refractivity contribution in [3.63, 3.8) is 0 Å². The van der Waals surface area contributed by atoms with Crippen LogP contribution in [0.4, 0.5) is 13.2 Å². The van der Waals surface area contributed by atoms with E-state index in [1.165, 1.54) is 25.1 Å². The van der Waals surface area contributed by atoms with Gasteiger partial charge in [-0.3, -0.25) is 9.08 Å². The van der Waals surface area contributed by atoms with Crippen LogP contribution >= 0.6 is 0 Å². The molecule has 0 saturated heterocycles. The van der Waals surface area contributed by atoms with Crippen LogP contribution in [0.2, 0.25) is 0 Å². The van der Waals surface area contributed by atoms with Crippen LogP contribution in [0.25, 0.3) is 0 Å². The van der Waals surface area contributed by atoms with E-state index in [0.717, 1.165) is 0 Å². The minimum Gasteiger partial charge on any atom is -0.299 e. The molecule has 0 spiro atoms. The molecular weight excluding hydrogens is 395 g/mol. The van der Waals surface area contributed by atoms with Gasteiger partial charge in [-0.15, -0.1) is 0 Å². The first-order valence-electron chi connectivity index (χ1n) is 8.96. The van der Waals surface area contributed by atoms with Gasteiger partial charge in [0.15, 0.2) is 5.71 Å². The molecule has 2 aliphatic rings. The van der Waals surface area contributed by atoms with E-state index < -0.39 is 38.6 Å². The third-order valence-electron chi connectivity index (χ3n) is 6.47. The Morgan fingerprint density at radius 2 is 1.93 bits per heavy atom. The molecule has 154 valence electrons. The number of halogens is 3. The van der Waals surface area contributed by atoms with Gasteiger partial charge in [-0.05, 0) is 36.7 Å². The van der Waals surface area contributed by atoms with Crippen molar-refractivity contribution in [1.29, 1.82) is 0 Å². The van der Waals surface area contributed by atoms with Gasteiger partial charge >= 0.3 is 16.3 Å². The lowest BCUT2D eigenvalue weighted by Crippen LogP contribution is -2.42. The molecule has 0 amide bonds. The second kappa shape index (κ2) is 6.57. The summed E-state index contributed by atoms with van der Waals surface area (Å²) in [4.78, 5) is 12.5. The van der Waals surface area contributed by atoms with Gasteiger partial charge in [0, 0.05) is 12.0 Å². The van der Waals surface area contributed by atoms with Crippen molar-refractivity contribution < 1.29 is 30.7 Å². The van der Waals surface area contributed by atoms with Crippen LogP contribution in [0, 0.1) is 23.7 Å².